The molecule has 1 fully saturated rings. The van der Waals surface area contributed by atoms with Gasteiger partial charge in [-0.1, -0.05) is 24.3 Å². The summed E-state index contributed by atoms with van der Waals surface area (Å²) < 4.78 is 29.6. The first-order valence-electron chi connectivity index (χ1n) is 11.3. The second-order valence-electron chi connectivity index (χ2n) is 8.56. The monoisotopic (exact) mass is 472 g/mol. The highest BCUT2D eigenvalue weighted by atomic mass is 32.2. The number of hydrogen-bond donors (Lipinski definition) is 1. The standard InChI is InChI=1S/C24H25BN6O2S/c1-17-5-2-3-7-22(17)34(32,33)30-11-8-19(9-12-30)21-13-23(27-15-18-6-4-10-26-14-18)31-24(29-21)20(25)16-28-31/h2-7,10,13-14,16,19,27H,8-9,11-12,15H2,1H3. The van der Waals surface area contributed by atoms with Gasteiger partial charge in [-0.3, -0.25) is 4.98 Å². The average Bonchev–Trinajstić information content (AvgIpc) is 3.24. The van der Waals surface area contributed by atoms with Crippen LogP contribution in [0.1, 0.15) is 35.6 Å². The molecule has 5 rings (SSSR count). The fourth-order valence-corrected chi connectivity index (χ4v) is 6.10. The molecular weight excluding hydrogens is 447 g/mol. The molecule has 8 nitrogen and oxygen atoms in total. The van der Waals surface area contributed by atoms with Gasteiger partial charge >= 0.3 is 0 Å². The van der Waals surface area contributed by atoms with E-state index in [0.717, 1.165) is 22.6 Å². The van der Waals surface area contributed by atoms with E-state index in [-0.39, 0.29) is 5.92 Å². The molecule has 172 valence electrons. The Bertz CT molecular complexity index is 1420. The predicted octanol–water partition coefficient (Wildman–Crippen LogP) is 2.41. The van der Waals surface area contributed by atoms with Gasteiger partial charge in [0.25, 0.3) is 0 Å². The average molecular weight is 472 g/mol. The number of fused-ring (bicyclic) bond motifs is 1. The van der Waals surface area contributed by atoms with Gasteiger partial charge in [0.05, 0.1) is 4.90 Å². The third kappa shape index (κ3) is 4.31. The highest BCUT2D eigenvalue weighted by Gasteiger charge is 2.31. The van der Waals surface area contributed by atoms with Crippen molar-refractivity contribution in [1.29, 1.82) is 0 Å². The first-order chi connectivity index (χ1) is 16.4. The Morgan fingerprint density at radius 2 is 1.91 bits per heavy atom. The third-order valence-electron chi connectivity index (χ3n) is 6.30. The van der Waals surface area contributed by atoms with Gasteiger partial charge in [-0.2, -0.15) is 13.9 Å². The molecule has 10 heteroatoms. The number of sulfonamides is 1. The number of anilines is 1. The SMILES string of the molecule is [B]c1cnn2c(NCc3cccnc3)cc(C3CCN(S(=O)(=O)c4ccccc4C)CC3)nc12. The van der Waals surface area contributed by atoms with E-state index in [1.54, 1.807) is 33.3 Å². The molecule has 4 aromatic rings. The molecular formula is C24H25BN6O2S. The van der Waals surface area contributed by atoms with Crippen LogP contribution in [0.5, 0.6) is 0 Å². The van der Waals surface area contributed by atoms with E-state index in [1.165, 1.54) is 0 Å². The molecule has 0 unspecified atom stereocenters. The number of hydrogen-bond acceptors (Lipinski definition) is 6. The molecule has 0 atom stereocenters. The quantitative estimate of drug-likeness (QED) is 0.434. The number of pyridine rings is 1. The molecule has 0 aliphatic carbocycles. The van der Waals surface area contributed by atoms with Gasteiger partial charge in [-0.15, -0.1) is 0 Å². The summed E-state index contributed by atoms with van der Waals surface area (Å²) >= 11 is 0. The zero-order valence-corrected chi connectivity index (χ0v) is 19.7. The normalized spacial score (nSPS) is 15.6. The summed E-state index contributed by atoms with van der Waals surface area (Å²) in [6.45, 7) is 3.30. The van der Waals surface area contributed by atoms with E-state index in [0.29, 0.717) is 48.5 Å². The fourth-order valence-electron chi connectivity index (χ4n) is 4.41. The maximum absolute atomic E-state index is 13.2. The smallest absolute Gasteiger partial charge is 0.243 e. The van der Waals surface area contributed by atoms with E-state index in [4.69, 9.17) is 12.8 Å². The second-order valence-corrected chi connectivity index (χ2v) is 10.5. The van der Waals surface area contributed by atoms with Crippen molar-refractivity contribution in [1.82, 2.24) is 23.9 Å². The number of nitrogens with zero attached hydrogens (tertiary/aromatic N) is 5. The number of aromatic nitrogens is 4. The molecule has 1 aliphatic heterocycles. The Kier molecular flexibility index (Phi) is 6.10. The summed E-state index contributed by atoms with van der Waals surface area (Å²) in [7, 11) is 2.62. The van der Waals surface area contributed by atoms with E-state index in [9.17, 15) is 8.42 Å². The predicted molar refractivity (Wildman–Crippen MR) is 132 cm³/mol. The van der Waals surface area contributed by atoms with Crippen molar-refractivity contribution in [2.24, 2.45) is 0 Å². The number of benzene rings is 1. The van der Waals surface area contributed by atoms with Crippen LogP contribution in [0.2, 0.25) is 0 Å². The fraction of sp³-hybridized carbons (Fsp3) is 0.292. The zero-order valence-electron chi connectivity index (χ0n) is 18.9. The molecule has 1 aliphatic rings. The van der Waals surface area contributed by atoms with Gasteiger partial charge in [-0.25, -0.2) is 13.4 Å². The van der Waals surface area contributed by atoms with Gasteiger partial charge in [-0.05, 0) is 48.5 Å². The van der Waals surface area contributed by atoms with Crippen LogP contribution < -0.4 is 10.8 Å². The van der Waals surface area contributed by atoms with Gasteiger partial charge < -0.3 is 5.32 Å². The lowest BCUT2D eigenvalue weighted by atomic mass is 9.94. The lowest BCUT2D eigenvalue weighted by Crippen LogP contribution is -2.38. The molecule has 1 N–H and O–H groups in total. The first-order valence-corrected chi connectivity index (χ1v) is 12.7. The van der Waals surface area contributed by atoms with E-state index in [1.807, 2.05) is 43.5 Å². The lowest BCUT2D eigenvalue weighted by molar-refractivity contribution is 0.316. The largest absolute Gasteiger partial charge is 0.366 e. The highest BCUT2D eigenvalue weighted by molar-refractivity contribution is 7.89. The Balaban J connectivity index is 1.37. The maximum atomic E-state index is 13.2. The first kappa shape index (κ1) is 22.6. The van der Waals surface area contributed by atoms with Crippen LogP contribution in [0, 0.1) is 6.92 Å². The summed E-state index contributed by atoms with van der Waals surface area (Å²) in [5.74, 6) is 0.914. The van der Waals surface area contributed by atoms with Crippen molar-refractivity contribution in [3.8, 4) is 0 Å². The molecule has 0 amide bonds. The van der Waals surface area contributed by atoms with Crippen molar-refractivity contribution in [2.45, 2.75) is 37.1 Å². The van der Waals surface area contributed by atoms with Crippen molar-refractivity contribution in [3.63, 3.8) is 0 Å². The number of nitrogens with one attached hydrogen (secondary N) is 1. The molecule has 0 spiro atoms. The molecule has 0 bridgehead atoms. The highest BCUT2D eigenvalue weighted by Crippen LogP contribution is 2.32. The van der Waals surface area contributed by atoms with Crippen molar-refractivity contribution in [2.75, 3.05) is 18.4 Å². The maximum Gasteiger partial charge on any atom is 0.243 e. The molecule has 2 radical (unpaired) electrons. The van der Waals surface area contributed by atoms with Crippen LogP contribution in [0.25, 0.3) is 5.65 Å². The van der Waals surface area contributed by atoms with Gasteiger partial charge in [0.1, 0.15) is 19.3 Å². The number of piperidine rings is 1. The summed E-state index contributed by atoms with van der Waals surface area (Å²) in [6, 6.07) is 13.0. The molecule has 1 saturated heterocycles. The second kappa shape index (κ2) is 9.19. The minimum Gasteiger partial charge on any atom is -0.366 e. The molecule has 34 heavy (non-hydrogen) atoms. The summed E-state index contributed by atoms with van der Waals surface area (Å²) in [5, 5.41) is 7.78. The Hall–Kier alpha value is -3.24. The van der Waals surface area contributed by atoms with Gasteiger partial charge in [0, 0.05) is 55.9 Å². The topological polar surface area (TPSA) is 92.5 Å². The number of aryl methyl sites for hydroxylation is 1. The molecule has 1 aromatic carbocycles. The van der Waals surface area contributed by atoms with Crippen LogP contribution in [0.15, 0.2) is 66.0 Å². The summed E-state index contributed by atoms with van der Waals surface area (Å²) in [5.41, 5.74) is 3.80. The third-order valence-corrected chi connectivity index (χ3v) is 8.36. The summed E-state index contributed by atoms with van der Waals surface area (Å²) in [6.07, 6.45) is 6.52. The van der Waals surface area contributed by atoms with Crippen molar-refractivity contribution in [3.05, 3.63) is 77.9 Å². The van der Waals surface area contributed by atoms with Crippen LogP contribution in [0.3, 0.4) is 0 Å². The van der Waals surface area contributed by atoms with Crippen molar-refractivity contribution < 1.29 is 8.42 Å². The van der Waals surface area contributed by atoms with Crippen LogP contribution >= 0.6 is 0 Å². The van der Waals surface area contributed by atoms with Crippen LogP contribution in [-0.2, 0) is 16.6 Å². The van der Waals surface area contributed by atoms with Crippen LogP contribution in [-0.4, -0.2) is 53.2 Å². The minimum absolute atomic E-state index is 0.126. The molecule has 0 saturated carbocycles. The van der Waals surface area contributed by atoms with E-state index >= 15 is 0 Å². The Labute approximate surface area is 200 Å². The molecule has 3 aromatic heterocycles. The van der Waals surface area contributed by atoms with Gasteiger partial charge in [0.2, 0.25) is 10.0 Å². The Morgan fingerprint density at radius 3 is 2.65 bits per heavy atom. The van der Waals surface area contributed by atoms with Crippen molar-refractivity contribution >= 4 is 34.8 Å². The summed E-state index contributed by atoms with van der Waals surface area (Å²) in [4.78, 5) is 9.33. The van der Waals surface area contributed by atoms with Gasteiger partial charge in [0.15, 0.2) is 0 Å². The van der Waals surface area contributed by atoms with E-state index < -0.39 is 10.0 Å². The zero-order chi connectivity index (χ0) is 23.7. The number of rotatable bonds is 6. The van der Waals surface area contributed by atoms with E-state index in [2.05, 4.69) is 15.4 Å². The minimum atomic E-state index is -3.52. The lowest BCUT2D eigenvalue weighted by Gasteiger charge is -2.31. The molecule has 4 heterocycles. The Morgan fingerprint density at radius 1 is 1.12 bits per heavy atom. The van der Waals surface area contributed by atoms with Crippen LogP contribution in [0.4, 0.5) is 5.82 Å².